The van der Waals surface area contributed by atoms with E-state index in [0.29, 0.717) is 24.6 Å². The van der Waals surface area contributed by atoms with Gasteiger partial charge in [-0.3, -0.25) is 9.78 Å². The quantitative estimate of drug-likeness (QED) is 0.348. The number of aromatic nitrogens is 2. The second-order valence-corrected chi connectivity index (χ2v) is 8.96. The average Bonchev–Trinajstić information content (AvgIpc) is 3.61. The number of nitrogens with one attached hydrogen (secondary N) is 2. The molecule has 1 aromatic carbocycles. The molecule has 8 heteroatoms. The summed E-state index contributed by atoms with van der Waals surface area (Å²) in [5.41, 5.74) is 3.83. The van der Waals surface area contributed by atoms with Crippen LogP contribution in [0.2, 0.25) is 0 Å². The van der Waals surface area contributed by atoms with Crippen LogP contribution in [0.5, 0.6) is 0 Å². The van der Waals surface area contributed by atoms with Gasteiger partial charge in [-0.1, -0.05) is 24.3 Å². The molecule has 0 saturated carbocycles. The first-order valence-electron chi connectivity index (χ1n) is 11.6. The Labute approximate surface area is 209 Å². The fraction of sp³-hybridized carbons (Fsp3) is 0.222. The van der Waals surface area contributed by atoms with E-state index in [-0.39, 0.29) is 18.0 Å². The van der Waals surface area contributed by atoms with E-state index in [2.05, 4.69) is 31.2 Å². The van der Waals surface area contributed by atoms with E-state index < -0.39 is 0 Å². The van der Waals surface area contributed by atoms with Gasteiger partial charge in [-0.2, -0.15) is 0 Å². The number of anilines is 1. The monoisotopic (exact) mass is 485 g/mol. The molecule has 5 rings (SSSR count). The molecule has 0 aliphatic carbocycles. The third-order valence-corrected chi connectivity index (χ3v) is 6.62. The predicted octanol–water partition coefficient (Wildman–Crippen LogP) is 4.83. The summed E-state index contributed by atoms with van der Waals surface area (Å²) in [7, 11) is 0. The van der Waals surface area contributed by atoms with Crippen LogP contribution < -0.4 is 10.6 Å². The van der Waals surface area contributed by atoms with Crippen LogP contribution in [-0.4, -0.2) is 32.0 Å². The van der Waals surface area contributed by atoms with Gasteiger partial charge < -0.3 is 24.5 Å². The molecule has 4 heterocycles. The van der Waals surface area contributed by atoms with E-state index in [1.165, 1.54) is 0 Å². The number of rotatable bonds is 8. The maximum atomic E-state index is 12.8. The normalized spacial score (nSPS) is 17.4. The summed E-state index contributed by atoms with van der Waals surface area (Å²) >= 11 is 5.76. The molecule has 0 radical (unpaired) electrons. The first kappa shape index (κ1) is 22.9. The Morgan fingerprint density at radius 1 is 1.11 bits per heavy atom. The molecule has 0 bridgehead atoms. The molecular weight excluding hydrogens is 458 g/mol. The fourth-order valence-corrected chi connectivity index (χ4v) is 4.86. The molecule has 1 aliphatic heterocycles. The second kappa shape index (κ2) is 10.1. The molecule has 4 aromatic rings. The number of carbonyl (C=O) groups excluding carboxylic acids is 1. The molecule has 0 spiro atoms. The number of para-hydroxylation sites is 1. The fourth-order valence-electron chi connectivity index (χ4n) is 4.53. The number of pyridine rings is 1. The third kappa shape index (κ3) is 4.97. The molecule has 35 heavy (non-hydrogen) atoms. The summed E-state index contributed by atoms with van der Waals surface area (Å²) in [5.74, 6) is 0.822. The summed E-state index contributed by atoms with van der Waals surface area (Å²) in [6.07, 6.45) is 5.82. The lowest BCUT2D eigenvalue weighted by atomic mass is 10.0. The van der Waals surface area contributed by atoms with Gasteiger partial charge in [-0.25, -0.2) is 0 Å². The van der Waals surface area contributed by atoms with Gasteiger partial charge in [0.25, 0.3) is 0 Å². The van der Waals surface area contributed by atoms with Crippen LogP contribution in [0.3, 0.4) is 0 Å². The van der Waals surface area contributed by atoms with Crippen LogP contribution in [0.15, 0.2) is 89.8 Å². The van der Waals surface area contributed by atoms with Gasteiger partial charge >= 0.3 is 0 Å². The van der Waals surface area contributed by atoms with E-state index in [0.717, 1.165) is 28.4 Å². The molecule has 1 amide bonds. The smallest absolute Gasteiger partial charge is 0.226 e. The van der Waals surface area contributed by atoms with Crippen molar-refractivity contribution in [1.82, 2.24) is 19.8 Å². The maximum Gasteiger partial charge on any atom is 0.226 e. The van der Waals surface area contributed by atoms with E-state index in [1.54, 1.807) is 12.5 Å². The Morgan fingerprint density at radius 2 is 1.97 bits per heavy atom. The van der Waals surface area contributed by atoms with Gasteiger partial charge in [-0.05, 0) is 67.2 Å². The van der Waals surface area contributed by atoms with Crippen LogP contribution in [0, 0.1) is 6.92 Å². The van der Waals surface area contributed by atoms with Gasteiger partial charge in [0, 0.05) is 36.7 Å². The summed E-state index contributed by atoms with van der Waals surface area (Å²) in [4.78, 5) is 19.5. The summed E-state index contributed by atoms with van der Waals surface area (Å²) in [6, 6.07) is 21.4. The molecule has 3 aromatic heterocycles. The summed E-state index contributed by atoms with van der Waals surface area (Å²) < 4.78 is 7.75. The van der Waals surface area contributed by atoms with E-state index in [1.807, 2.05) is 73.8 Å². The Kier molecular flexibility index (Phi) is 6.63. The Morgan fingerprint density at radius 3 is 2.74 bits per heavy atom. The first-order chi connectivity index (χ1) is 17.1. The number of amides is 1. The lowest BCUT2D eigenvalue weighted by Crippen LogP contribution is -2.33. The van der Waals surface area contributed by atoms with Crippen LogP contribution in [-0.2, 0) is 11.3 Å². The zero-order valence-corrected chi connectivity index (χ0v) is 20.2. The summed E-state index contributed by atoms with van der Waals surface area (Å²) in [6.45, 7) is 3.06. The minimum Gasteiger partial charge on any atom is -0.467 e. The van der Waals surface area contributed by atoms with Gasteiger partial charge in [0.05, 0.1) is 30.6 Å². The van der Waals surface area contributed by atoms with Gasteiger partial charge in [0.1, 0.15) is 5.76 Å². The Balaban J connectivity index is 1.40. The standard InChI is InChI=1S/C27H27N5O2S/c1-19-8-2-3-10-21(19)29-24(33)13-16-32-26(25(30-27(32)35)22-11-4-5-14-28-22)23-12-6-15-31(23)18-20-9-7-17-34-20/h2-12,14-15,17,25-26H,13,16,18H2,1H3,(H,29,33)(H,30,35)/t25-,26-/m1/s1. The van der Waals surface area contributed by atoms with E-state index in [4.69, 9.17) is 16.6 Å². The number of carbonyl (C=O) groups is 1. The second-order valence-electron chi connectivity index (χ2n) is 8.57. The predicted molar refractivity (Wildman–Crippen MR) is 139 cm³/mol. The van der Waals surface area contributed by atoms with Crippen LogP contribution in [0.25, 0.3) is 0 Å². The van der Waals surface area contributed by atoms with E-state index in [9.17, 15) is 4.79 Å². The molecule has 1 saturated heterocycles. The average molecular weight is 486 g/mol. The lowest BCUT2D eigenvalue weighted by molar-refractivity contribution is -0.116. The van der Waals surface area contributed by atoms with Crippen molar-refractivity contribution in [3.63, 3.8) is 0 Å². The number of thiocarbonyl (C=S) groups is 1. The molecule has 1 fully saturated rings. The minimum atomic E-state index is -0.145. The summed E-state index contributed by atoms with van der Waals surface area (Å²) in [5, 5.41) is 7.09. The van der Waals surface area contributed by atoms with Crippen molar-refractivity contribution in [2.45, 2.75) is 32.0 Å². The van der Waals surface area contributed by atoms with Crippen molar-refractivity contribution in [3.05, 3.63) is 108 Å². The highest BCUT2D eigenvalue weighted by atomic mass is 32.1. The number of benzene rings is 1. The van der Waals surface area contributed by atoms with Crippen LogP contribution >= 0.6 is 12.2 Å². The van der Waals surface area contributed by atoms with Crippen molar-refractivity contribution in [2.75, 3.05) is 11.9 Å². The number of hydrogen-bond acceptors (Lipinski definition) is 4. The SMILES string of the molecule is Cc1ccccc1NC(=O)CCN1C(=S)N[C@H](c2ccccn2)[C@H]1c1cccn1Cc1ccco1. The third-order valence-electron chi connectivity index (χ3n) is 6.27. The molecule has 2 N–H and O–H groups in total. The number of furan rings is 1. The van der Waals surface area contributed by atoms with Crippen molar-refractivity contribution < 1.29 is 9.21 Å². The van der Waals surface area contributed by atoms with Crippen molar-refractivity contribution in [1.29, 1.82) is 0 Å². The molecule has 0 unspecified atom stereocenters. The zero-order valence-electron chi connectivity index (χ0n) is 19.4. The van der Waals surface area contributed by atoms with Crippen molar-refractivity contribution in [2.24, 2.45) is 0 Å². The van der Waals surface area contributed by atoms with Gasteiger partial charge in [0.15, 0.2) is 5.11 Å². The number of hydrogen-bond donors (Lipinski definition) is 2. The van der Waals surface area contributed by atoms with E-state index >= 15 is 0 Å². The number of nitrogens with zero attached hydrogens (tertiary/aromatic N) is 3. The topological polar surface area (TPSA) is 75.3 Å². The Hall–Kier alpha value is -3.91. The van der Waals surface area contributed by atoms with Crippen molar-refractivity contribution in [3.8, 4) is 0 Å². The largest absolute Gasteiger partial charge is 0.467 e. The first-order valence-corrected chi connectivity index (χ1v) is 12.0. The van der Waals surface area contributed by atoms with Gasteiger partial charge in [0.2, 0.25) is 5.91 Å². The zero-order chi connectivity index (χ0) is 24.2. The van der Waals surface area contributed by atoms with Crippen molar-refractivity contribution >= 4 is 28.9 Å². The number of aryl methyl sites for hydroxylation is 1. The van der Waals surface area contributed by atoms with Crippen LogP contribution in [0.1, 0.15) is 41.2 Å². The minimum absolute atomic E-state index is 0.0481. The highest BCUT2D eigenvalue weighted by Crippen LogP contribution is 2.39. The lowest BCUT2D eigenvalue weighted by Gasteiger charge is -2.28. The highest BCUT2D eigenvalue weighted by molar-refractivity contribution is 7.80. The van der Waals surface area contributed by atoms with Gasteiger partial charge in [-0.15, -0.1) is 0 Å². The maximum absolute atomic E-state index is 12.8. The Bertz CT molecular complexity index is 1300. The highest BCUT2D eigenvalue weighted by Gasteiger charge is 2.41. The molecule has 178 valence electrons. The molecule has 7 nitrogen and oxygen atoms in total. The molecular formula is C27H27N5O2S. The molecule has 1 aliphatic rings. The molecule has 2 atom stereocenters. The van der Waals surface area contributed by atoms with Crippen LogP contribution in [0.4, 0.5) is 5.69 Å².